The summed E-state index contributed by atoms with van der Waals surface area (Å²) in [6, 6.07) is 1.69. The summed E-state index contributed by atoms with van der Waals surface area (Å²) in [7, 11) is 0. The van der Waals surface area contributed by atoms with Crippen molar-refractivity contribution in [1.29, 1.82) is 5.26 Å². The molecule has 0 amide bonds. The molecule has 0 aromatic rings. The zero-order valence-corrected chi connectivity index (χ0v) is 9.08. The molecule has 0 saturated carbocycles. The van der Waals surface area contributed by atoms with Crippen LogP contribution < -0.4 is 0 Å². The summed E-state index contributed by atoms with van der Waals surface area (Å²) in [6.45, 7) is 7.57. The SMILES string of the molecule is C=CC#N.CCCCCC(=O)OCC. The molecule has 0 saturated heterocycles. The molecule has 0 rings (SSSR count). The summed E-state index contributed by atoms with van der Waals surface area (Å²) in [5.74, 6) is -0.0593. The molecule has 0 fully saturated rings. The van der Waals surface area contributed by atoms with E-state index in [1.807, 2.05) is 6.92 Å². The van der Waals surface area contributed by atoms with E-state index in [2.05, 4.69) is 13.5 Å². The minimum absolute atomic E-state index is 0.0593. The number of hydrogen-bond donors (Lipinski definition) is 0. The molecule has 0 aliphatic carbocycles. The lowest BCUT2D eigenvalue weighted by Crippen LogP contribution is -2.02. The molecule has 0 bridgehead atoms. The minimum atomic E-state index is -0.0593. The highest BCUT2D eigenvalue weighted by atomic mass is 16.5. The van der Waals surface area contributed by atoms with Crippen molar-refractivity contribution in [3.05, 3.63) is 12.7 Å². The molecule has 80 valence electrons. The number of carbonyl (C=O) groups excluding carboxylic acids is 1. The first kappa shape index (κ1) is 15.2. The van der Waals surface area contributed by atoms with E-state index in [-0.39, 0.29) is 5.97 Å². The highest BCUT2D eigenvalue weighted by molar-refractivity contribution is 5.69. The first-order valence-electron chi connectivity index (χ1n) is 4.89. The molecular formula is C11H19NO2. The molecule has 0 N–H and O–H groups in total. The van der Waals surface area contributed by atoms with E-state index in [4.69, 9.17) is 10.00 Å². The van der Waals surface area contributed by atoms with E-state index < -0.39 is 0 Å². The van der Waals surface area contributed by atoms with Crippen LogP contribution in [-0.4, -0.2) is 12.6 Å². The molecule has 0 aliphatic heterocycles. The predicted molar refractivity (Wildman–Crippen MR) is 56.6 cm³/mol. The molecule has 0 radical (unpaired) electrons. The smallest absolute Gasteiger partial charge is 0.305 e. The Morgan fingerprint density at radius 1 is 1.50 bits per heavy atom. The second-order valence-electron chi connectivity index (χ2n) is 2.60. The maximum atomic E-state index is 10.7. The quantitative estimate of drug-likeness (QED) is 0.387. The van der Waals surface area contributed by atoms with Gasteiger partial charge in [0.1, 0.15) is 0 Å². The van der Waals surface area contributed by atoms with Crippen LogP contribution in [0, 0.1) is 11.3 Å². The van der Waals surface area contributed by atoms with E-state index >= 15 is 0 Å². The number of nitrogens with zero attached hydrogens (tertiary/aromatic N) is 1. The van der Waals surface area contributed by atoms with Gasteiger partial charge in [-0.1, -0.05) is 26.3 Å². The van der Waals surface area contributed by atoms with Gasteiger partial charge in [0.05, 0.1) is 12.7 Å². The van der Waals surface area contributed by atoms with Gasteiger partial charge in [0.2, 0.25) is 0 Å². The van der Waals surface area contributed by atoms with Gasteiger partial charge in [0.25, 0.3) is 0 Å². The predicted octanol–water partition coefficient (Wildman–Crippen LogP) is 2.83. The van der Waals surface area contributed by atoms with Crippen LogP contribution in [0.15, 0.2) is 12.7 Å². The molecular weight excluding hydrogens is 178 g/mol. The number of nitriles is 1. The molecule has 14 heavy (non-hydrogen) atoms. The van der Waals surface area contributed by atoms with Gasteiger partial charge in [0, 0.05) is 12.5 Å². The lowest BCUT2D eigenvalue weighted by Gasteiger charge is -1.99. The first-order chi connectivity index (χ1) is 6.72. The molecule has 0 atom stereocenters. The monoisotopic (exact) mass is 197 g/mol. The van der Waals surface area contributed by atoms with Crippen LogP contribution in [0.3, 0.4) is 0 Å². The average molecular weight is 197 g/mol. The standard InChI is InChI=1S/C8H16O2.C3H3N/c1-3-5-6-7-8(9)10-4-2;1-2-3-4/h3-7H2,1-2H3;2H,1H2. The first-order valence-corrected chi connectivity index (χ1v) is 4.89. The summed E-state index contributed by atoms with van der Waals surface area (Å²) in [6.07, 6.45) is 5.01. The average Bonchev–Trinajstić information content (AvgIpc) is 2.19. The third-order valence-electron chi connectivity index (χ3n) is 1.38. The zero-order valence-electron chi connectivity index (χ0n) is 9.08. The van der Waals surface area contributed by atoms with E-state index in [1.54, 1.807) is 6.07 Å². The Balaban J connectivity index is 0. The number of hydrogen-bond acceptors (Lipinski definition) is 3. The Hall–Kier alpha value is -1.30. The van der Waals surface area contributed by atoms with Crippen molar-refractivity contribution in [3.63, 3.8) is 0 Å². The van der Waals surface area contributed by atoms with Crippen molar-refractivity contribution in [2.24, 2.45) is 0 Å². The summed E-state index contributed by atoms with van der Waals surface area (Å²) in [4.78, 5) is 10.7. The van der Waals surface area contributed by atoms with Crippen LogP contribution in [0.1, 0.15) is 39.5 Å². The molecule has 3 nitrogen and oxygen atoms in total. The lowest BCUT2D eigenvalue weighted by atomic mass is 10.2. The Morgan fingerprint density at radius 3 is 2.43 bits per heavy atom. The van der Waals surface area contributed by atoms with Crippen molar-refractivity contribution in [2.45, 2.75) is 39.5 Å². The van der Waals surface area contributed by atoms with Crippen molar-refractivity contribution in [3.8, 4) is 6.07 Å². The molecule has 0 aliphatic rings. The van der Waals surface area contributed by atoms with E-state index in [0.29, 0.717) is 13.0 Å². The maximum Gasteiger partial charge on any atom is 0.305 e. The highest BCUT2D eigenvalue weighted by Crippen LogP contribution is 1.99. The second kappa shape index (κ2) is 14.2. The summed E-state index contributed by atoms with van der Waals surface area (Å²) in [5.41, 5.74) is 0. The Bertz CT molecular complexity index is 182. The number of unbranched alkanes of at least 4 members (excludes halogenated alkanes) is 2. The van der Waals surface area contributed by atoms with Gasteiger partial charge in [-0.15, -0.1) is 0 Å². The van der Waals surface area contributed by atoms with Crippen LogP contribution in [0.2, 0.25) is 0 Å². The number of carbonyl (C=O) groups is 1. The molecule has 0 spiro atoms. The van der Waals surface area contributed by atoms with E-state index in [9.17, 15) is 4.79 Å². The molecule has 3 heteroatoms. The van der Waals surface area contributed by atoms with Gasteiger partial charge in [-0.2, -0.15) is 5.26 Å². The van der Waals surface area contributed by atoms with Crippen LogP contribution in [0.4, 0.5) is 0 Å². The fourth-order valence-corrected chi connectivity index (χ4v) is 0.752. The molecule has 0 aromatic heterocycles. The van der Waals surface area contributed by atoms with E-state index in [0.717, 1.165) is 19.3 Å². The molecule has 0 heterocycles. The Morgan fingerprint density at radius 2 is 2.07 bits per heavy atom. The number of allylic oxidation sites excluding steroid dienone is 1. The van der Waals surface area contributed by atoms with Crippen molar-refractivity contribution in [2.75, 3.05) is 6.61 Å². The molecule has 0 aromatic carbocycles. The largest absolute Gasteiger partial charge is 0.466 e. The normalized spacial score (nSPS) is 7.79. The maximum absolute atomic E-state index is 10.7. The zero-order chi connectivity index (χ0) is 11.2. The topological polar surface area (TPSA) is 50.1 Å². The summed E-state index contributed by atoms with van der Waals surface area (Å²) in [5, 5.41) is 7.51. The van der Waals surface area contributed by atoms with Crippen molar-refractivity contribution in [1.82, 2.24) is 0 Å². The minimum Gasteiger partial charge on any atom is -0.466 e. The Labute approximate surface area is 86.4 Å². The van der Waals surface area contributed by atoms with Gasteiger partial charge in [-0.3, -0.25) is 4.79 Å². The van der Waals surface area contributed by atoms with Gasteiger partial charge in [-0.25, -0.2) is 0 Å². The number of esters is 1. The van der Waals surface area contributed by atoms with Gasteiger partial charge in [-0.05, 0) is 13.3 Å². The van der Waals surface area contributed by atoms with Crippen LogP contribution in [-0.2, 0) is 9.53 Å². The van der Waals surface area contributed by atoms with Gasteiger partial charge < -0.3 is 4.74 Å². The summed E-state index contributed by atoms with van der Waals surface area (Å²) < 4.78 is 4.75. The van der Waals surface area contributed by atoms with Crippen molar-refractivity contribution >= 4 is 5.97 Å². The Kier molecular flexibility index (Phi) is 15.4. The highest BCUT2D eigenvalue weighted by Gasteiger charge is 1.98. The van der Waals surface area contributed by atoms with Crippen LogP contribution >= 0.6 is 0 Å². The summed E-state index contributed by atoms with van der Waals surface area (Å²) >= 11 is 0. The van der Waals surface area contributed by atoms with Crippen molar-refractivity contribution < 1.29 is 9.53 Å². The van der Waals surface area contributed by atoms with Crippen LogP contribution in [0.5, 0.6) is 0 Å². The van der Waals surface area contributed by atoms with E-state index in [1.165, 1.54) is 6.08 Å². The third kappa shape index (κ3) is 17.0. The van der Waals surface area contributed by atoms with Gasteiger partial charge >= 0.3 is 5.97 Å². The molecule has 0 unspecified atom stereocenters. The number of rotatable bonds is 5. The van der Waals surface area contributed by atoms with Gasteiger partial charge in [0.15, 0.2) is 0 Å². The lowest BCUT2D eigenvalue weighted by molar-refractivity contribution is -0.143. The third-order valence-corrected chi connectivity index (χ3v) is 1.38. The second-order valence-corrected chi connectivity index (χ2v) is 2.60. The fraction of sp³-hybridized carbons (Fsp3) is 0.636. The van der Waals surface area contributed by atoms with Crippen LogP contribution in [0.25, 0.3) is 0 Å². The number of ether oxygens (including phenoxy) is 1. The fourth-order valence-electron chi connectivity index (χ4n) is 0.752.